The number of rotatable bonds is 2. The van der Waals surface area contributed by atoms with Gasteiger partial charge in [0.15, 0.2) is 0 Å². The summed E-state index contributed by atoms with van der Waals surface area (Å²) >= 11 is 0. The quantitative estimate of drug-likeness (QED) is 0.657. The van der Waals surface area contributed by atoms with E-state index in [4.69, 9.17) is 5.73 Å². The molecule has 2 aromatic rings. The molecule has 0 saturated carbocycles. The molecule has 1 unspecified atom stereocenters. The van der Waals surface area contributed by atoms with Crippen LogP contribution in [0.2, 0.25) is 0 Å². The minimum Gasteiger partial charge on any atom is -0.508 e. The van der Waals surface area contributed by atoms with Gasteiger partial charge in [-0.25, -0.2) is 0 Å². The lowest BCUT2D eigenvalue weighted by Crippen LogP contribution is -2.31. The SMILES string of the molecule is Nc1ccc(O)cc1C(=O)N1CCCC1c1ccccc1. The highest BCUT2D eigenvalue weighted by atomic mass is 16.3. The maximum Gasteiger partial charge on any atom is 0.256 e. The third kappa shape index (κ3) is 2.57. The second-order valence-corrected chi connectivity index (χ2v) is 5.34. The summed E-state index contributed by atoms with van der Waals surface area (Å²) in [4.78, 5) is 14.6. The summed E-state index contributed by atoms with van der Waals surface area (Å²) in [5.41, 5.74) is 7.80. The van der Waals surface area contributed by atoms with E-state index >= 15 is 0 Å². The van der Waals surface area contributed by atoms with Crippen molar-refractivity contribution in [2.24, 2.45) is 0 Å². The third-order valence-electron chi connectivity index (χ3n) is 3.97. The van der Waals surface area contributed by atoms with E-state index in [-0.39, 0.29) is 17.7 Å². The molecular formula is C17H18N2O2. The van der Waals surface area contributed by atoms with Crippen LogP contribution in [0.5, 0.6) is 5.75 Å². The van der Waals surface area contributed by atoms with Crippen molar-refractivity contribution in [2.45, 2.75) is 18.9 Å². The van der Waals surface area contributed by atoms with Crippen molar-refractivity contribution in [3.63, 3.8) is 0 Å². The third-order valence-corrected chi connectivity index (χ3v) is 3.97. The molecule has 3 rings (SSSR count). The van der Waals surface area contributed by atoms with Crippen molar-refractivity contribution in [1.29, 1.82) is 0 Å². The van der Waals surface area contributed by atoms with Crippen LogP contribution >= 0.6 is 0 Å². The van der Waals surface area contributed by atoms with Gasteiger partial charge in [-0.2, -0.15) is 0 Å². The molecule has 1 aliphatic rings. The van der Waals surface area contributed by atoms with Gasteiger partial charge < -0.3 is 15.7 Å². The molecule has 4 nitrogen and oxygen atoms in total. The molecule has 1 atom stereocenters. The lowest BCUT2D eigenvalue weighted by Gasteiger charge is -2.25. The van der Waals surface area contributed by atoms with Crippen molar-refractivity contribution in [3.05, 3.63) is 59.7 Å². The molecule has 0 aromatic heterocycles. The fourth-order valence-electron chi connectivity index (χ4n) is 2.92. The average molecular weight is 282 g/mol. The molecule has 1 fully saturated rings. The first kappa shape index (κ1) is 13.5. The van der Waals surface area contributed by atoms with E-state index in [9.17, 15) is 9.90 Å². The number of nitrogen functional groups attached to an aromatic ring is 1. The van der Waals surface area contributed by atoms with Crippen LogP contribution in [0.3, 0.4) is 0 Å². The number of benzene rings is 2. The molecule has 0 aliphatic carbocycles. The molecule has 1 aliphatic heterocycles. The molecule has 21 heavy (non-hydrogen) atoms. The van der Waals surface area contributed by atoms with Crippen LogP contribution in [0.4, 0.5) is 5.69 Å². The minimum atomic E-state index is -0.116. The van der Waals surface area contributed by atoms with Crippen molar-refractivity contribution in [1.82, 2.24) is 4.90 Å². The van der Waals surface area contributed by atoms with Crippen LogP contribution in [0.1, 0.15) is 34.8 Å². The molecule has 3 N–H and O–H groups in total. The van der Waals surface area contributed by atoms with E-state index in [0.717, 1.165) is 18.4 Å². The zero-order valence-electron chi connectivity index (χ0n) is 11.7. The summed E-state index contributed by atoms with van der Waals surface area (Å²) < 4.78 is 0. The van der Waals surface area contributed by atoms with Gasteiger partial charge in [-0.05, 0) is 36.6 Å². The minimum absolute atomic E-state index is 0.0583. The van der Waals surface area contributed by atoms with Gasteiger partial charge in [0, 0.05) is 12.2 Å². The van der Waals surface area contributed by atoms with Crippen molar-refractivity contribution in [3.8, 4) is 5.75 Å². The van der Waals surface area contributed by atoms with E-state index in [1.165, 1.54) is 12.1 Å². The highest BCUT2D eigenvalue weighted by Gasteiger charge is 2.31. The van der Waals surface area contributed by atoms with Gasteiger partial charge in [0.25, 0.3) is 5.91 Å². The Kier molecular flexibility index (Phi) is 3.52. The van der Waals surface area contributed by atoms with Crippen molar-refractivity contribution >= 4 is 11.6 Å². The van der Waals surface area contributed by atoms with Crippen LogP contribution in [0.25, 0.3) is 0 Å². The van der Waals surface area contributed by atoms with Gasteiger partial charge >= 0.3 is 0 Å². The van der Waals surface area contributed by atoms with Gasteiger partial charge in [-0.15, -0.1) is 0 Å². The summed E-state index contributed by atoms with van der Waals surface area (Å²) in [6.45, 7) is 0.716. The Hall–Kier alpha value is -2.49. The lowest BCUT2D eigenvalue weighted by molar-refractivity contribution is 0.0736. The van der Waals surface area contributed by atoms with Crippen LogP contribution in [0, 0.1) is 0 Å². The van der Waals surface area contributed by atoms with Crippen LogP contribution in [0.15, 0.2) is 48.5 Å². The molecule has 4 heteroatoms. The Morgan fingerprint density at radius 1 is 1.19 bits per heavy atom. The Morgan fingerprint density at radius 2 is 1.95 bits per heavy atom. The zero-order chi connectivity index (χ0) is 14.8. The number of nitrogens with two attached hydrogens (primary N) is 1. The number of nitrogens with zero attached hydrogens (tertiary/aromatic N) is 1. The van der Waals surface area contributed by atoms with Gasteiger partial charge in [0.2, 0.25) is 0 Å². The smallest absolute Gasteiger partial charge is 0.256 e. The fourth-order valence-corrected chi connectivity index (χ4v) is 2.92. The van der Waals surface area contributed by atoms with Crippen LogP contribution < -0.4 is 5.73 Å². The number of hydrogen-bond donors (Lipinski definition) is 2. The first-order chi connectivity index (χ1) is 10.2. The maximum absolute atomic E-state index is 12.7. The van der Waals surface area contributed by atoms with Gasteiger partial charge in [0.05, 0.1) is 11.6 Å². The molecule has 1 amide bonds. The molecule has 1 heterocycles. The van der Waals surface area contributed by atoms with Gasteiger partial charge in [-0.1, -0.05) is 30.3 Å². The summed E-state index contributed by atoms with van der Waals surface area (Å²) in [5.74, 6) is -0.0576. The van der Waals surface area contributed by atoms with E-state index in [2.05, 4.69) is 0 Å². The number of anilines is 1. The first-order valence-electron chi connectivity index (χ1n) is 7.11. The molecule has 2 aromatic carbocycles. The standard InChI is InChI=1S/C17H18N2O2/c18-15-9-8-13(20)11-14(15)17(21)19-10-4-7-16(19)12-5-2-1-3-6-12/h1-3,5-6,8-9,11,16,20H,4,7,10,18H2. The van der Waals surface area contributed by atoms with E-state index < -0.39 is 0 Å². The fraction of sp³-hybridized carbons (Fsp3) is 0.235. The molecule has 108 valence electrons. The van der Waals surface area contributed by atoms with E-state index in [1.54, 1.807) is 6.07 Å². The summed E-state index contributed by atoms with van der Waals surface area (Å²) in [7, 11) is 0. The number of amides is 1. The molecule has 0 spiro atoms. The van der Waals surface area contributed by atoms with Crippen molar-refractivity contribution in [2.75, 3.05) is 12.3 Å². The number of phenols is 1. The normalized spacial score (nSPS) is 17.9. The molecular weight excluding hydrogens is 264 g/mol. The molecule has 0 bridgehead atoms. The monoisotopic (exact) mass is 282 g/mol. The van der Waals surface area contributed by atoms with Crippen molar-refractivity contribution < 1.29 is 9.90 Å². The Balaban J connectivity index is 1.92. The predicted octanol–water partition coefficient (Wildman–Crippen LogP) is 2.95. The number of phenolic OH excluding ortho intramolecular Hbond substituents is 1. The highest BCUT2D eigenvalue weighted by Crippen LogP contribution is 2.34. The molecule has 1 saturated heterocycles. The first-order valence-corrected chi connectivity index (χ1v) is 7.11. The van der Waals surface area contributed by atoms with Crippen LogP contribution in [-0.2, 0) is 0 Å². The molecule has 0 radical (unpaired) electrons. The summed E-state index contributed by atoms with van der Waals surface area (Å²) in [5, 5.41) is 9.59. The van der Waals surface area contributed by atoms with Crippen LogP contribution in [-0.4, -0.2) is 22.5 Å². The van der Waals surface area contributed by atoms with E-state index in [0.29, 0.717) is 17.8 Å². The second kappa shape index (κ2) is 5.48. The zero-order valence-corrected chi connectivity index (χ0v) is 11.7. The van der Waals surface area contributed by atoms with E-state index in [1.807, 2.05) is 35.2 Å². The second-order valence-electron chi connectivity index (χ2n) is 5.34. The predicted molar refractivity (Wildman–Crippen MR) is 82.0 cm³/mol. The van der Waals surface area contributed by atoms with Gasteiger partial charge in [0.1, 0.15) is 5.75 Å². The topological polar surface area (TPSA) is 66.6 Å². The Bertz CT molecular complexity index is 655. The largest absolute Gasteiger partial charge is 0.508 e. The summed E-state index contributed by atoms with van der Waals surface area (Å²) in [6.07, 6.45) is 1.93. The number of carbonyl (C=O) groups excluding carboxylic acids is 1. The highest BCUT2D eigenvalue weighted by molar-refractivity contribution is 5.99. The Morgan fingerprint density at radius 3 is 2.71 bits per heavy atom. The maximum atomic E-state index is 12.7. The lowest BCUT2D eigenvalue weighted by atomic mass is 10.0. The Labute approximate surface area is 123 Å². The van der Waals surface area contributed by atoms with Gasteiger partial charge in [-0.3, -0.25) is 4.79 Å². The average Bonchev–Trinajstić information content (AvgIpc) is 2.99. The number of carbonyl (C=O) groups is 1. The number of likely N-dealkylation sites (tertiary alicyclic amines) is 1. The summed E-state index contributed by atoms with van der Waals surface area (Å²) in [6, 6.07) is 14.6. The number of aromatic hydroxyl groups is 1. The number of hydrogen-bond acceptors (Lipinski definition) is 3.